The molecule has 31 heavy (non-hydrogen) atoms. The van der Waals surface area contributed by atoms with Gasteiger partial charge >= 0.3 is 0 Å². The highest BCUT2D eigenvalue weighted by atomic mass is 19.1. The van der Waals surface area contributed by atoms with E-state index >= 15 is 0 Å². The number of pyridine rings is 2. The molecule has 1 aromatic carbocycles. The van der Waals surface area contributed by atoms with Crippen LogP contribution in [0.15, 0.2) is 48.7 Å². The Bertz CT molecular complexity index is 1150. The van der Waals surface area contributed by atoms with Crippen LogP contribution in [0.2, 0.25) is 0 Å². The van der Waals surface area contributed by atoms with Gasteiger partial charge in [-0.15, -0.1) is 0 Å². The zero-order valence-electron chi connectivity index (χ0n) is 17.1. The van der Waals surface area contributed by atoms with Gasteiger partial charge in [0, 0.05) is 43.5 Å². The van der Waals surface area contributed by atoms with E-state index in [1.54, 1.807) is 23.1 Å². The van der Waals surface area contributed by atoms with Crippen LogP contribution in [0.4, 0.5) is 16.0 Å². The molecule has 0 radical (unpaired) electrons. The number of piperazine rings is 1. The lowest BCUT2D eigenvalue weighted by Gasteiger charge is -2.29. The third kappa shape index (κ3) is 3.38. The highest BCUT2D eigenvalue weighted by Gasteiger charge is 2.33. The molecular formula is C23H22FN5O2. The summed E-state index contributed by atoms with van der Waals surface area (Å²) in [6.07, 6.45) is 1.53. The van der Waals surface area contributed by atoms with Crippen LogP contribution >= 0.6 is 0 Å². The largest absolute Gasteiger partial charge is 0.496 e. The molecule has 1 N–H and O–H groups in total. The van der Waals surface area contributed by atoms with E-state index in [9.17, 15) is 9.18 Å². The van der Waals surface area contributed by atoms with Gasteiger partial charge in [-0.2, -0.15) is 0 Å². The first kappa shape index (κ1) is 19.4. The maximum absolute atomic E-state index is 14.7. The van der Waals surface area contributed by atoms with Crippen LogP contribution < -0.4 is 19.9 Å². The summed E-state index contributed by atoms with van der Waals surface area (Å²) in [5.41, 5.74) is 1.86. The molecule has 1 saturated heterocycles. The van der Waals surface area contributed by atoms with E-state index < -0.39 is 5.82 Å². The summed E-state index contributed by atoms with van der Waals surface area (Å²) >= 11 is 0. The second kappa shape index (κ2) is 7.96. The smallest absolute Gasteiger partial charge is 0.260 e. The predicted molar refractivity (Wildman–Crippen MR) is 116 cm³/mol. The fourth-order valence-electron chi connectivity index (χ4n) is 4.17. The van der Waals surface area contributed by atoms with Crippen molar-refractivity contribution in [1.29, 1.82) is 0 Å². The summed E-state index contributed by atoms with van der Waals surface area (Å²) in [5, 5.41) is 3.33. The van der Waals surface area contributed by atoms with Gasteiger partial charge in [0.1, 0.15) is 23.2 Å². The molecule has 0 aliphatic carbocycles. The van der Waals surface area contributed by atoms with Gasteiger partial charge in [0.05, 0.1) is 24.9 Å². The number of halogens is 1. The van der Waals surface area contributed by atoms with Crippen molar-refractivity contribution in [2.24, 2.45) is 0 Å². The minimum Gasteiger partial charge on any atom is -0.496 e. The zero-order valence-corrected chi connectivity index (χ0v) is 17.1. The summed E-state index contributed by atoms with van der Waals surface area (Å²) < 4.78 is 20.1. The van der Waals surface area contributed by atoms with Crippen molar-refractivity contribution in [1.82, 2.24) is 15.3 Å². The molecule has 1 fully saturated rings. The minimum absolute atomic E-state index is 0.168. The van der Waals surface area contributed by atoms with Gasteiger partial charge < -0.3 is 15.0 Å². The average Bonchev–Trinajstić information content (AvgIpc) is 3.16. The quantitative estimate of drug-likeness (QED) is 0.701. The number of carbonyl (C=O) groups excluding carboxylic acids is 1. The standard InChI is InChI=1S/C23H22FN5O2/c1-31-18-5-2-4-17(24)21(18)22-16-14-29(23(30)15(16)8-9-26-22)20-7-3-6-19(27-20)28-12-10-25-11-13-28/h2-9,25H,10-14H2,1H3. The van der Waals surface area contributed by atoms with Crippen molar-refractivity contribution in [2.45, 2.75) is 6.54 Å². The minimum atomic E-state index is -0.440. The second-order valence-corrected chi connectivity index (χ2v) is 7.49. The molecule has 0 bridgehead atoms. The number of amides is 1. The van der Waals surface area contributed by atoms with Gasteiger partial charge in [0.2, 0.25) is 0 Å². The number of hydrogen-bond donors (Lipinski definition) is 1. The third-order valence-electron chi connectivity index (χ3n) is 5.72. The molecule has 0 atom stereocenters. The van der Waals surface area contributed by atoms with E-state index in [2.05, 4.69) is 15.2 Å². The summed E-state index contributed by atoms with van der Waals surface area (Å²) in [5.74, 6) is 1.19. The molecule has 3 aromatic rings. The van der Waals surface area contributed by atoms with Crippen LogP contribution in [0.25, 0.3) is 11.3 Å². The van der Waals surface area contributed by atoms with Gasteiger partial charge in [-0.25, -0.2) is 9.37 Å². The van der Waals surface area contributed by atoms with Gasteiger partial charge in [0.25, 0.3) is 5.91 Å². The van der Waals surface area contributed by atoms with Gasteiger partial charge in [-0.1, -0.05) is 12.1 Å². The fourth-order valence-corrected chi connectivity index (χ4v) is 4.17. The number of methoxy groups -OCH3 is 1. The van der Waals surface area contributed by atoms with Gasteiger partial charge in [-0.05, 0) is 30.3 Å². The lowest BCUT2D eigenvalue weighted by molar-refractivity contribution is 0.0996. The summed E-state index contributed by atoms with van der Waals surface area (Å²) in [4.78, 5) is 26.2. The second-order valence-electron chi connectivity index (χ2n) is 7.49. The number of anilines is 2. The first-order chi connectivity index (χ1) is 15.2. The Morgan fingerprint density at radius 1 is 1.06 bits per heavy atom. The molecule has 0 unspecified atom stereocenters. The highest BCUT2D eigenvalue weighted by Crippen LogP contribution is 2.38. The van der Waals surface area contributed by atoms with Crippen molar-refractivity contribution in [3.63, 3.8) is 0 Å². The molecule has 4 heterocycles. The Balaban J connectivity index is 1.53. The van der Waals surface area contributed by atoms with Crippen molar-refractivity contribution < 1.29 is 13.9 Å². The summed E-state index contributed by atoms with van der Waals surface area (Å²) in [6.45, 7) is 3.81. The number of hydrogen-bond acceptors (Lipinski definition) is 6. The van der Waals surface area contributed by atoms with Crippen molar-refractivity contribution >= 4 is 17.5 Å². The maximum Gasteiger partial charge on any atom is 0.260 e. The van der Waals surface area contributed by atoms with Crippen molar-refractivity contribution in [2.75, 3.05) is 43.1 Å². The van der Waals surface area contributed by atoms with Crippen LogP contribution in [0, 0.1) is 5.82 Å². The molecule has 2 aliphatic rings. The zero-order chi connectivity index (χ0) is 21.4. The number of ether oxygens (including phenoxy) is 1. The Morgan fingerprint density at radius 3 is 2.65 bits per heavy atom. The Labute approximate surface area is 179 Å². The fraction of sp³-hybridized carbons (Fsp3) is 0.261. The number of nitrogens with zero attached hydrogens (tertiary/aromatic N) is 4. The molecule has 5 rings (SSSR count). The topological polar surface area (TPSA) is 70.6 Å². The first-order valence-electron chi connectivity index (χ1n) is 10.2. The van der Waals surface area contributed by atoms with Crippen molar-refractivity contribution in [3.8, 4) is 17.0 Å². The van der Waals surface area contributed by atoms with Crippen LogP contribution in [0.3, 0.4) is 0 Å². The number of fused-ring (bicyclic) bond motifs is 1. The lowest BCUT2D eigenvalue weighted by Crippen LogP contribution is -2.44. The molecule has 0 saturated carbocycles. The van der Waals surface area contributed by atoms with E-state index in [1.165, 1.54) is 19.4 Å². The third-order valence-corrected chi connectivity index (χ3v) is 5.72. The molecule has 7 nitrogen and oxygen atoms in total. The van der Waals surface area contributed by atoms with Crippen LogP contribution in [-0.4, -0.2) is 49.2 Å². The molecule has 2 aromatic heterocycles. The van der Waals surface area contributed by atoms with E-state index in [1.807, 2.05) is 18.2 Å². The summed E-state index contributed by atoms with van der Waals surface area (Å²) in [6, 6.07) is 12.0. The van der Waals surface area contributed by atoms with E-state index in [0.29, 0.717) is 28.4 Å². The molecule has 0 spiro atoms. The Hall–Kier alpha value is -3.52. The van der Waals surface area contributed by atoms with Gasteiger partial charge in [0.15, 0.2) is 0 Å². The average molecular weight is 419 g/mol. The molecule has 8 heteroatoms. The number of carbonyl (C=O) groups is 1. The molecule has 1 amide bonds. The number of rotatable bonds is 4. The molecule has 2 aliphatic heterocycles. The highest BCUT2D eigenvalue weighted by molar-refractivity contribution is 6.10. The lowest BCUT2D eigenvalue weighted by atomic mass is 10.0. The Kier molecular flexibility index (Phi) is 4.99. The van der Waals surface area contributed by atoms with Crippen LogP contribution in [-0.2, 0) is 6.54 Å². The SMILES string of the molecule is COc1cccc(F)c1-c1nccc2c1CN(c1cccc(N3CCNCC3)n1)C2=O. The predicted octanol–water partition coefficient (Wildman–Crippen LogP) is 2.86. The summed E-state index contributed by atoms with van der Waals surface area (Å²) in [7, 11) is 1.49. The normalized spacial score (nSPS) is 15.9. The first-order valence-corrected chi connectivity index (χ1v) is 10.2. The van der Waals surface area contributed by atoms with Crippen molar-refractivity contribution in [3.05, 3.63) is 65.6 Å². The van der Waals surface area contributed by atoms with E-state index in [0.717, 1.165) is 32.0 Å². The number of aromatic nitrogens is 2. The maximum atomic E-state index is 14.7. The van der Waals surface area contributed by atoms with Crippen LogP contribution in [0.5, 0.6) is 5.75 Å². The van der Waals surface area contributed by atoms with Gasteiger partial charge in [-0.3, -0.25) is 14.7 Å². The molecular weight excluding hydrogens is 397 g/mol. The monoisotopic (exact) mass is 419 g/mol. The van der Waals surface area contributed by atoms with E-state index in [-0.39, 0.29) is 18.0 Å². The van der Waals surface area contributed by atoms with Crippen LogP contribution in [0.1, 0.15) is 15.9 Å². The van der Waals surface area contributed by atoms with E-state index in [4.69, 9.17) is 9.72 Å². The number of nitrogens with one attached hydrogen (secondary N) is 1. The Morgan fingerprint density at radius 2 is 1.84 bits per heavy atom. The molecule has 158 valence electrons. The number of benzene rings is 1.